The summed E-state index contributed by atoms with van der Waals surface area (Å²) >= 11 is 0. The Morgan fingerprint density at radius 2 is 1.95 bits per heavy atom. The maximum atomic E-state index is 5.91. The minimum absolute atomic E-state index is 0.860. The molecule has 0 radical (unpaired) electrons. The second kappa shape index (κ2) is 6.10. The van der Waals surface area contributed by atoms with Gasteiger partial charge in [0, 0.05) is 13.1 Å². The van der Waals surface area contributed by atoms with Crippen LogP contribution in [0.25, 0.3) is 0 Å². The van der Waals surface area contributed by atoms with Crippen LogP contribution in [0, 0.1) is 11.8 Å². The predicted molar refractivity (Wildman–Crippen MR) is 76.8 cm³/mol. The van der Waals surface area contributed by atoms with Crippen molar-refractivity contribution in [1.29, 1.82) is 0 Å². The summed E-state index contributed by atoms with van der Waals surface area (Å²) in [5, 5.41) is 3.38. The number of nitrogens with zero attached hydrogens (tertiary/aromatic N) is 1. The summed E-state index contributed by atoms with van der Waals surface area (Å²) in [7, 11) is 0. The van der Waals surface area contributed by atoms with Gasteiger partial charge in [0.1, 0.15) is 11.5 Å². The van der Waals surface area contributed by atoms with Crippen molar-refractivity contribution in [3.05, 3.63) is 23.7 Å². The lowest BCUT2D eigenvalue weighted by molar-refractivity contribution is 0.271. The summed E-state index contributed by atoms with van der Waals surface area (Å²) in [5.41, 5.74) is 0. The second-order valence-electron chi connectivity index (χ2n) is 6.19. The summed E-state index contributed by atoms with van der Waals surface area (Å²) in [6, 6.07) is 4.27. The Labute approximate surface area is 116 Å². The van der Waals surface area contributed by atoms with E-state index in [9.17, 15) is 0 Å². The highest BCUT2D eigenvalue weighted by Gasteiger charge is 2.35. The van der Waals surface area contributed by atoms with Crippen molar-refractivity contribution >= 4 is 0 Å². The van der Waals surface area contributed by atoms with Crippen LogP contribution < -0.4 is 5.32 Å². The van der Waals surface area contributed by atoms with Crippen LogP contribution in [0.4, 0.5) is 0 Å². The number of rotatable bonds is 6. The van der Waals surface area contributed by atoms with Crippen molar-refractivity contribution in [1.82, 2.24) is 10.2 Å². The van der Waals surface area contributed by atoms with E-state index in [1.807, 2.05) is 0 Å². The van der Waals surface area contributed by atoms with Crippen LogP contribution in [0.2, 0.25) is 0 Å². The fourth-order valence-electron chi connectivity index (χ4n) is 3.67. The quantitative estimate of drug-likeness (QED) is 0.799. The predicted octanol–water partition coefficient (Wildman–Crippen LogP) is 3.01. The van der Waals surface area contributed by atoms with Crippen LogP contribution in [0.5, 0.6) is 0 Å². The molecular weight excluding hydrogens is 236 g/mol. The van der Waals surface area contributed by atoms with Gasteiger partial charge in [-0.15, -0.1) is 0 Å². The first kappa shape index (κ1) is 13.2. The van der Waals surface area contributed by atoms with Gasteiger partial charge in [-0.1, -0.05) is 13.3 Å². The number of nitrogens with one attached hydrogen (secondary N) is 1. The molecule has 1 saturated heterocycles. The van der Waals surface area contributed by atoms with E-state index in [1.165, 1.54) is 38.8 Å². The van der Waals surface area contributed by atoms with Crippen LogP contribution >= 0.6 is 0 Å². The minimum atomic E-state index is 0.860. The maximum Gasteiger partial charge on any atom is 0.118 e. The van der Waals surface area contributed by atoms with E-state index in [4.69, 9.17) is 4.42 Å². The summed E-state index contributed by atoms with van der Waals surface area (Å²) in [4.78, 5) is 2.58. The van der Waals surface area contributed by atoms with Gasteiger partial charge in [0.05, 0.1) is 13.1 Å². The van der Waals surface area contributed by atoms with Gasteiger partial charge < -0.3 is 9.73 Å². The molecule has 1 aromatic rings. The monoisotopic (exact) mass is 262 g/mol. The van der Waals surface area contributed by atoms with E-state index in [1.54, 1.807) is 0 Å². The molecule has 19 heavy (non-hydrogen) atoms. The zero-order valence-electron chi connectivity index (χ0n) is 12.0. The molecule has 0 spiro atoms. The highest BCUT2D eigenvalue weighted by Crippen LogP contribution is 2.38. The van der Waals surface area contributed by atoms with E-state index in [0.29, 0.717) is 0 Å². The molecule has 106 valence electrons. The molecule has 1 aliphatic carbocycles. The molecule has 2 aliphatic rings. The summed E-state index contributed by atoms with van der Waals surface area (Å²) in [6.45, 7) is 7.68. The molecule has 1 saturated carbocycles. The molecule has 2 unspecified atom stereocenters. The molecule has 3 heteroatoms. The van der Waals surface area contributed by atoms with Gasteiger partial charge in [-0.05, 0) is 49.8 Å². The van der Waals surface area contributed by atoms with E-state index in [0.717, 1.165) is 43.0 Å². The van der Waals surface area contributed by atoms with E-state index >= 15 is 0 Å². The molecule has 2 heterocycles. The van der Waals surface area contributed by atoms with Gasteiger partial charge in [-0.25, -0.2) is 0 Å². The van der Waals surface area contributed by atoms with Crippen LogP contribution in [0.1, 0.15) is 44.1 Å². The van der Waals surface area contributed by atoms with Crippen molar-refractivity contribution in [3.63, 3.8) is 0 Å². The third-order valence-corrected chi connectivity index (χ3v) is 4.62. The fraction of sp³-hybridized carbons (Fsp3) is 0.750. The molecule has 3 rings (SSSR count). The third-order valence-electron chi connectivity index (χ3n) is 4.62. The Hall–Kier alpha value is -0.800. The standard InChI is InChI=1S/C16H26N2O/c1-2-8-17-9-15-6-7-16(19-15)12-18-10-13-4-3-5-14(13)11-18/h6-7,13-14,17H,2-5,8-12H2,1H3. The largest absolute Gasteiger partial charge is 0.463 e. The molecule has 0 bridgehead atoms. The van der Waals surface area contributed by atoms with E-state index in [-0.39, 0.29) is 0 Å². The van der Waals surface area contributed by atoms with Crippen molar-refractivity contribution in [2.45, 2.75) is 45.7 Å². The van der Waals surface area contributed by atoms with Gasteiger partial charge in [-0.2, -0.15) is 0 Å². The number of fused-ring (bicyclic) bond motifs is 1. The summed E-state index contributed by atoms with van der Waals surface area (Å²) in [6.07, 6.45) is 5.53. The first-order valence-corrected chi connectivity index (χ1v) is 7.86. The van der Waals surface area contributed by atoms with Gasteiger partial charge in [0.2, 0.25) is 0 Å². The maximum absolute atomic E-state index is 5.91. The molecule has 3 nitrogen and oxygen atoms in total. The molecule has 0 amide bonds. The number of furan rings is 1. The van der Waals surface area contributed by atoms with Crippen molar-refractivity contribution in [2.24, 2.45) is 11.8 Å². The van der Waals surface area contributed by atoms with Gasteiger partial charge in [-0.3, -0.25) is 4.90 Å². The molecule has 0 aromatic carbocycles. The van der Waals surface area contributed by atoms with Gasteiger partial charge >= 0.3 is 0 Å². The van der Waals surface area contributed by atoms with Crippen LogP contribution in [0.3, 0.4) is 0 Å². The molecule has 2 fully saturated rings. The SMILES string of the molecule is CCCNCc1ccc(CN2CC3CCCC3C2)o1. The van der Waals surface area contributed by atoms with Crippen LogP contribution in [0.15, 0.2) is 16.5 Å². The Morgan fingerprint density at radius 1 is 1.21 bits per heavy atom. The Balaban J connectivity index is 1.47. The highest BCUT2D eigenvalue weighted by atomic mass is 16.3. The van der Waals surface area contributed by atoms with E-state index in [2.05, 4.69) is 29.3 Å². The Bertz CT molecular complexity index is 389. The Morgan fingerprint density at radius 3 is 2.68 bits per heavy atom. The highest BCUT2D eigenvalue weighted by molar-refractivity contribution is 5.07. The molecule has 1 N–H and O–H groups in total. The van der Waals surface area contributed by atoms with E-state index < -0.39 is 0 Å². The lowest BCUT2D eigenvalue weighted by atomic mass is 10.0. The normalized spacial score (nSPS) is 27.0. The first-order chi connectivity index (χ1) is 9.35. The van der Waals surface area contributed by atoms with Crippen LogP contribution in [-0.4, -0.2) is 24.5 Å². The topological polar surface area (TPSA) is 28.4 Å². The lowest BCUT2D eigenvalue weighted by Gasteiger charge is -2.14. The molecule has 1 aliphatic heterocycles. The molecular formula is C16H26N2O. The lowest BCUT2D eigenvalue weighted by Crippen LogP contribution is -2.20. The number of likely N-dealkylation sites (tertiary alicyclic amines) is 1. The number of hydrogen-bond donors (Lipinski definition) is 1. The average molecular weight is 262 g/mol. The van der Waals surface area contributed by atoms with Crippen LogP contribution in [-0.2, 0) is 13.1 Å². The van der Waals surface area contributed by atoms with Crippen molar-refractivity contribution in [3.8, 4) is 0 Å². The minimum Gasteiger partial charge on any atom is -0.463 e. The first-order valence-electron chi connectivity index (χ1n) is 7.86. The second-order valence-corrected chi connectivity index (χ2v) is 6.19. The Kier molecular flexibility index (Phi) is 4.24. The zero-order valence-corrected chi connectivity index (χ0v) is 12.0. The van der Waals surface area contributed by atoms with Gasteiger partial charge in [0.25, 0.3) is 0 Å². The molecule has 2 atom stereocenters. The zero-order chi connectivity index (χ0) is 13.1. The average Bonchev–Trinajstić information content (AvgIpc) is 3.06. The summed E-state index contributed by atoms with van der Waals surface area (Å²) < 4.78 is 5.91. The third kappa shape index (κ3) is 3.21. The summed E-state index contributed by atoms with van der Waals surface area (Å²) in [5.74, 6) is 4.15. The number of hydrogen-bond acceptors (Lipinski definition) is 3. The van der Waals surface area contributed by atoms with Crippen molar-refractivity contribution in [2.75, 3.05) is 19.6 Å². The van der Waals surface area contributed by atoms with Gasteiger partial charge in [0.15, 0.2) is 0 Å². The molecule has 1 aromatic heterocycles. The van der Waals surface area contributed by atoms with Crippen molar-refractivity contribution < 1.29 is 4.42 Å². The smallest absolute Gasteiger partial charge is 0.118 e. The fourth-order valence-corrected chi connectivity index (χ4v) is 3.67.